The maximum Gasteiger partial charge on any atom is 0.162 e. The monoisotopic (exact) mass is 338 g/mol. The van der Waals surface area contributed by atoms with Crippen molar-refractivity contribution in [1.82, 2.24) is 4.98 Å². The molecule has 3 aromatic rings. The van der Waals surface area contributed by atoms with Crippen molar-refractivity contribution in [1.29, 1.82) is 0 Å². The number of hydrogen-bond acceptors (Lipinski definition) is 5. The lowest BCUT2D eigenvalue weighted by molar-refractivity contribution is 0.289. The van der Waals surface area contributed by atoms with Gasteiger partial charge in [-0.15, -0.1) is 0 Å². The Bertz CT molecular complexity index is 847. The first kappa shape index (κ1) is 16.9. The number of fused-ring (bicyclic) bond motifs is 1. The predicted molar refractivity (Wildman–Crippen MR) is 99.6 cm³/mol. The lowest BCUT2D eigenvalue weighted by Crippen LogP contribution is -1.99. The molecule has 1 aromatic heterocycles. The number of nitrogen functional groups attached to an aromatic ring is 1. The molecule has 1 heterocycles. The van der Waals surface area contributed by atoms with Crippen molar-refractivity contribution < 1.29 is 14.2 Å². The zero-order chi connectivity index (χ0) is 17.6. The molecule has 0 atom stereocenters. The van der Waals surface area contributed by atoms with E-state index in [1.165, 1.54) is 0 Å². The van der Waals surface area contributed by atoms with E-state index in [1.807, 2.05) is 30.3 Å². The number of unbranched alkanes of at least 4 members (excludes halogenated alkanes) is 1. The molecule has 0 saturated heterocycles. The number of benzene rings is 2. The number of nitrogens with two attached hydrogens (primary N) is 1. The highest BCUT2D eigenvalue weighted by Gasteiger charge is 2.12. The topological polar surface area (TPSA) is 66.6 Å². The number of rotatable bonds is 7. The van der Waals surface area contributed by atoms with Crippen molar-refractivity contribution in [3.63, 3.8) is 0 Å². The minimum absolute atomic E-state index is 0.646. The van der Waals surface area contributed by atoms with Gasteiger partial charge in [-0.2, -0.15) is 0 Å². The van der Waals surface area contributed by atoms with Crippen LogP contribution in [0.15, 0.2) is 48.7 Å². The van der Waals surface area contributed by atoms with Crippen LogP contribution in [0.3, 0.4) is 0 Å². The molecule has 3 rings (SSSR count). The molecule has 0 aliphatic carbocycles. The minimum Gasteiger partial charge on any atom is -0.493 e. The lowest BCUT2D eigenvalue weighted by Gasteiger charge is -2.14. The summed E-state index contributed by atoms with van der Waals surface area (Å²) in [7, 11) is 1.63. The van der Waals surface area contributed by atoms with Gasteiger partial charge in [0, 0.05) is 23.3 Å². The second-order valence-corrected chi connectivity index (χ2v) is 5.70. The molecule has 0 fully saturated rings. The van der Waals surface area contributed by atoms with Gasteiger partial charge >= 0.3 is 0 Å². The molecular formula is C20H22N2O3. The molecule has 0 aliphatic rings. The molecule has 2 aromatic carbocycles. The van der Waals surface area contributed by atoms with Gasteiger partial charge in [-0.3, -0.25) is 4.98 Å². The van der Waals surface area contributed by atoms with Crippen LogP contribution >= 0.6 is 0 Å². The Morgan fingerprint density at radius 2 is 1.80 bits per heavy atom. The molecule has 25 heavy (non-hydrogen) atoms. The van der Waals surface area contributed by atoms with Crippen LogP contribution in [0.25, 0.3) is 10.9 Å². The summed E-state index contributed by atoms with van der Waals surface area (Å²) in [6.45, 7) is 2.77. The van der Waals surface area contributed by atoms with Gasteiger partial charge in [0.15, 0.2) is 11.5 Å². The molecule has 0 aliphatic heterocycles. The van der Waals surface area contributed by atoms with Gasteiger partial charge in [0.1, 0.15) is 11.5 Å². The number of nitrogens with zero attached hydrogens (tertiary/aromatic N) is 1. The van der Waals surface area contributed by atoms with Crippen LogP contribution in [0.2, 0.25) is 0 Å². The van der Waals surface area contributed by atoms with E-state index >= 15 is 0 Å². The molecule has 0 amide bonds. The van der Waals surface area contributed by atoms with Crippen LogP contribution in [0, 0.1) is 0 Å². The smallest absolute Gasteiger partial charge is 0.162 e. The van der Waals surface area contributed by atoms with Crippen LogP contribution in [0.5, 0.6) is 23.0 Å². The third-order valence-corrected chi connectivity index (χ3v) is 3.85. The summed E-state index contributed by atoms with van der Waals surface area (Å²) in [5.41, 5.74) is 7.21. The van der Waals surface area contributed by atoms with Gasteiger partial charge in [0.25, 0.3) is 0 Å². The second-order valence-electron chi connectivity index (χ2n) is 5.70. The van der Waals surface area contributed by atoms with E-state index in [0.29, 0.717) is 35.3 Å². The second kappa shape index (κ2) is 7.75. The Kier molecular flexibility index (Phi) is 5.23. The predicted octanol–water partition coefficient (Wildman–Crippen LogP) is 4.80. The normalized spacial score (nSPS) is 10.6. The van der Waals surface area contributed by atoms with E-state index in [2.05, 4.69) is 11.9 Å². The van der Waals surface area contributed by atoms with Crippen LogP contribution < -0.4 is 19.9 Å². The van der Waals surface area contributed by atoms with E-state index in [1.54, 1.807) is 25.4 Å². The Labute approximate surface area is 147 Å². The molecule has 0 radical (unpaired) electrons. The Morgan fingerprint density at radius 1 is 1.00 bits per heavy atom. The van der Waals surface area contributed by atoms with Crippen LogP contribution in [-0.4, -0.2) is 18.7 Å². The minimum atomic E-state index is 0.646. The van der Waals surface area contributed by atoms with Gasteiger partial charge in [0.2, 0.25) is 0 Å². The highest BCUT2D eigenvalue weighted by atomic mass is 16.5. The first-order valence-electron chi connectivity index (χ1n) is 8.34. The van der Waals surface area contributed by atoms with Crippen LogP contribution in [-0.2, 0) is 0 Å². The van der Waals surface area contributed by atoms with E-state index in [-0.39, 0.29) is 0 Å². The number of aromatic nitrogens is 1. The molecule has 0 spiro atoms. The van der Waals surface area contributed by atoms with Crippen molar-refractivity contribution in [2.45, 2.75) is 19.8 Å². The first-order chi connectivity index (χ1) is 12.2. The highest BCUT2D eigenvalue weighted by molar-refractivity contribution is 5.88. The van der Waals surface area contributed by atoms with Crippen molar-refractivity contribution >= 4 is 16.6 Å². The Balaban J connectivity index is 1.97. The number of methoxy groups -OCH3 is 1. The third kappa shape index (κ3) is 3.94. The van der Waals surface area contributed by atoms with E-state index in [9.17, 15) is 0 Å². The summed E-state index contributed by atoms with van der Waals surface area (Å²) in [4.78, 5) is 4.41. The number of pyridine rings is 1. The SMILES string of the molecule is CCCCOc1cc2c(Oc3ccc(N)cc3)ccnc2cc1OC. The first-order valence-corrected chi connectivity index (χ1v) is 8.34. The zero-order valence-corrected chi connectivity index (χ0v) is 14.5. The zero-order valence-electron chi connectivity index (χ0n) is 14.5. The summed E-state index contributed by atoms with van der Waals surface area (Å²) < 4.78 is 17.3. The summed E-state index contributed by atoms with van der Waals surface area (Å²) in [6, 6.07) is 12.9. The molecule has 130 valence electrons. The van der Waals surface area contributed by atoms with E-state index < -0.39 is 0 Å². The number of ether oxygens (including phenoxy) is 3. The van der Waals surface area contributed by atoms with Crippen molar-refractivity contribution in [3.05, 3.63) is 48.7 Å². The van der Waals surface area contributed by atoms with Crippen molar-refractivity contribution in [3.8, 4) is 23.0 Å². The van der Waals surface area contributed by atoms with Gasteiger partial charge < -0.3 is 19.9 Å². The van der Waals surface area contributed by atoms with Crippen molar-refractivity contribution in [2.75, 3.05) is 19.5 Å². The van der Waals surface area contributed by atoms with Gasteiger partial charge in [-0.1, -0.05) is 13.3 Å². The summed E-state index contributed by atoms with van der Waals surface area (Å²) in [6.07, 6.45) is 3.78. The molecule has 5 heteroatoms. The summed E-state index contributed by atoms with van der Waals surface area (Å²) in [5.74, 6) is 2.78. The number of hydrogen-bond donors (Lipinski definition) is 1. The van der Waals surface area contributed by atoms with Gasteiger partial charge in [-0.25, -0.2) is 0 Å². The summed E-state index contributed by atoms with van der Waals surface area (Å²) >= 11 is 0. The summed E-state index contributed by atoms with van der Waals surface area (Å²) in [5, 5.41) is 0.867. The quantitative estimate of drug-likeness (QED) is 0.495. The van der Waals surface area contributed by atoms with Crippen molar-refractivity contribution in [2.24, 2.45) is 0 Å². The maximum absolute atomic E-state index is 6.01. The van der Waals surface area contributed by atoms with Crippen LogP contribution in [0.4, 0.5) is 5.69 Å². The lowest BCUT2D eigenvalue weighted by atomic mass is 10.1. The standard InChI is InChI=1S/C20H22N2O3/c1-3-4-11-24-20-12-16-17(13-19(20)23-2)22-10-9-18(16)25-15-7-5-14(21)6-8-15/h5-10,12-13H,3-4,11,21H2,1-2H3. The van der Waals surface area contributed by atoms with E-state index in [0.717, 1.165) is 23.7 Å². The fraction of sp³-hybridized carbons (Fsp3) is 0.250. The third-order valence-electron chi connectivity index (χ3n) is 3.85. The molecule has 0 bridgehead atoms. The fourth-order valence-electron chi connectivity index (χ4n) is 2.48. The Hall–Kier alpha value is -2.95. The highest BCUT2D eigenvalue weighted by Crippen LogP contribution is 2.37. The molecular weight excluding hydrogens is 316 g/mol. The van der Waals surface area contributed by atoms with Crippen LogP contribution in [0.1, 0.15) is 19.8 Å². The fourth-order valence-corrected chi connectivity index (χ4v) is 2.48. The van der Waals surface area contributed by atoms with Gasteiger partial charge in [-0.05, 0) is 42.8 Å². The average molecular weight is 338 g/mol. The molecule has 5 nitrogen and oxygen atoms in total. The number of anilines is 1. The molecule has 0 saturated carbocycles. The maximum atomic E-state index is 6.01. The Morgan fingerprint density at radius 3 is 2.52 bits per heavy atom. The largest absolute Gasteiger partial charge is 0.493 e. The molecule has 2 N–H and O–H groups in total. The average Bonchev–Trinajstić information content (AvgIpc) is 2.63. The van der Waals surface area contributed by atoms with Gasteiger partial charge in [0.05, 0.1) is 19.2 Å². The molecule has 0 unspecified atom stereocenters. The van der Waals surface area contributed by atoms with E-state index in [4.69, 9.17) is 19.9 Å².